The highest BCUT2D eigenvalue weighted by atomic mass is 19.2. The summed E-state index contributed by atoms with van der Waals surface area (Å²) >= 11 is 0. The van der Waals surface area contributed by atoms with Gasteiger partial charge in [0, 0.05) is 13.2 Å². The van der Waals surface area contributed by atoms with E-state index in [-0.39, 0.29) is 44.8 Å². The number of hydrogen-bond donors (Lipinski definition) is 0. The van der Waals surface area contributed by atoms with Crippen molar-refractivity contribution in [1.82, 2.24) is 0 Å². The maximum Gasteiger partial charge on any atom is 0.328 e. The van der Waals surface area contributed by atoms with E-state index in [0.717, 1.165) is 12.1 Å². The third-order valence-corrected chi connectivity index (χ3v) is 4.60. The summed E-state index contributed by atoms with van der Waals surface area (Å²) in [6.07, 6.45) is 0.235. The lowest BCUT2D eigenvalue weighted by Gasteiger charge is -2.37. The van der Waals surface area contributed by atoms with Crippen molar-refractivity contribution >= 4 is 17.7 Å². The van der Waals surface area contributed by atoms with Crippen LogP contribution in [0.4, 0.5) is 8.78 Å². The van der Waals surface area contributed by atoms with Crippen molar-refractivity contribution in [2.45, 2.75) is 32.1 Å². The number of ether oxygens (including phenoxy) is 3. The van der Waals surface area contributed by atoms with Crippen molar-refractivity contribution in [2.24, 2.45) is 5.92 Å². The fourth-order valence-electron chi connectivity index (χ4n) is 3.23. The molecule has 0 unspecified atom stereocenters. The molecule has 0 radical (unpaired) electrons. The lowest BCUT2D eigenvalue weighted by atomic mass is 9.67. The van der Waals surface area contributed by atoms with Crippen LogP contribution in [0, 0.1) is 17.6 Å². The molecule has 8 heteroatoms. The maximum absolute atomic E-state index is 13.8. The lowest BCUT2D eigenvalue weighted by Crippen LogP contribution is -2.49. The van der Waals surface area contributed by atoms with Gasteiger partial charge in [-0.1, -0.05) is 6.07 Å². The Balaban J connectivity index is 2.51. The molecule has 0 aliphatic carbocycles. The normalized spacial score (nSPS) is 16.0. The molecule has 1 heterocycles. The third-order valence-electron chi connectivity index (χ3n) is 4.60. The smallest absolute Gasteiger partial charge is 0.328 e. The molecule has 1 aliphatic heterocycles. The Hall–Kier alpha value is -2.35. The quantitative estimate of drug-likeness (QED) is 0.530. The molecule has 1 saturated heterocycles. The van der Waals surface area contributed by atoms with Crippen LogP contribution in [-0.4, -0.2) is 44.1 Å². The molecule has 6 nitrogen and oxygen atoms in total. The SMILES string of the molecule is CCOC(=O)C(C(=O)OCC)C(=O)C1(c2ccc(F)c(F)c2)CCOCC1. The Morgan fingerprint density at radius 2 is 1.59 bits per heavy atom. The first kappa shape index (κ1) is 21.0. The summed E-state index contributed by atoms with van der Waals surface area (Å²) in [5, 5.41) is 0. The standard InChI is InChI=1S/C19H22F2O6/c1-3-26-17(23)15(18(24)27-4-2)16(22)19(7-9-25-10-8-19)12-5-6-13(20)14(21)11-12/h5-6,11,15H,3-4,7-10H2,1-2H3. The molecule has 0 spiro atoms. The number of Topliss-reactive ketones (excluding diaryl/α,β-unsaturated/α-hetero) is 1. The van der Waals surface area contributed by atoms with Gasteiger partial charge in [0.25, 0.3) is 0 Å². The fraction of sp³-hybridized carbons (Fsp3) is 0.526. The number of rotatable bonds is 7. The average molecular weight is 384 g/mol. The Morgan fingerprint density at radius 3 is 2.07 bits per heavy atom. The molecule has 0 N–H and O–H groups in total. The largest absolute Gasteiger partial charge is 0.465 e. The van der Waals surface area contributed by atoms with Gasteiger partial charge in [-0.2, -0.15) is 0 Å². The second kappa shape index (κ2) is 9.03. The monoisotopic (exact) mass is 384 g/mol. The lowest BCUT2D eigenvalue weighted by molar-refractivity contribution is -0.166. The number of esters is 2. The molecule has 0 atom stereocenters. The van der Waals surface area contributed by atoms with Gasteiger partial charge in [-0.25, -0.2) is 8.78 Å². The number of carbonyl (C=O) groups is 3. The van der Waals surface area contributed by atoms with Crippen LogP contribution >= 0.6 is 0 Å². The van der Waals surface area contributed by atoms with E-state index in [2.05, 4.69) is 0 Å². The van der Waals surface area contributed by atoms with Gasteiger partial charge in [-0.3, -0.25) is 14.4 Å². The highest BCUT2D eigenvalue weighted by molar-refractivity contribution is 6.18. The van der Waals surface area contributed by atoms with Crippen molar-refractivity contribution < 1.29 is 37.4 Å². The summed E-state index contributed by atoms with van der Waals surface area (Å²) in [5.74, 6) is -6.76. The molecule has 0 bridgehead atoms. The van der Waals surface area contributed by atoms with E-state index in [1.807, 2.05) is 0 Å². The Labute approximate surface area is 155 Å². The first-order valence-electron chi connectivity index (χ1n) is 8.78. The molecule has 148 valence electrons. The first-order chi connectivity index (χ1) is 12.9. The van der Waals surface area contributed by atoms with E-state index in [4.69, 9.17) is 14.2 Å². The summed E-state index contributed by atoms with van der Waals surface area (Å²) < 4.78 is 42.3. The van der Waals surface area contributed by atoms with Crippen LogP contribution in [0.2, 0.25) is 0 Å². The number of benzene rings is 1. The summed E-state index contributed by atoms with van der Waals surface area (Å²) in [4.78, 5) is 38.0. The van der Waals surface area contributed by atoms with Gasteiger partial charge in [-0.05, 0) is 44.4 Å². The number of carbonyl (C=O) groups excluding carboxylic acids is 3. The zero-order chi connectivity index (χ0) is 20.0. The molecule has 1 aromatic carbocycles. The first-order valence-corrected chi connectivity index (χ1v) is 8.78. The van der Waals surface area contributed by atoms with Crippen LogP contribution in [0.3, 0.4) is 0 Å². The van der Waals surface area contributed by atoms with Crippen molar-refractivity contribution in [2.75, 3.05) is 26.4 Å². The van der Waals surface area contributed by atoms with Crippen molar-refractivity contribution in [3.63, 3.8) is 0 Å². The Bertz CT molecular complexity index is 694. The van der Waals surface area contributed by atoms with E-state index in [9.17, 15) is 23.2 Å². The van der Waals surface area contributed by atoms with Gasteiger partial charge in [0.15, 0.2) is 17.4 Å². The summed E-state index contributed by atoms with van der Waals surface area (Å²) in [7, 11) is 0. The average Bonchev–Trinajstić information content (AvgIpc) is 2.65. The van der Waals surface area contributed by atoms with Crippen LogP contribution in [0.25, 0.3) is 0 Å². The maximum atomic E-state index is 13.8. The molecule has 2 rings (SSSR count). The molecule has 0 saturated carbocycles. The van der Waals surface area contributed by atoms with E-state index in [1.54, 1.807) is 13.8 Å². The van der Waals surface area contributed by atoms with Gasteiger partial charge >= 0.3 is 11.9 Å². The van der Waals surface area contributed by atoms with E-state index < -0.39 is 40.7 Å². The zero-order valence-corrected chi connectivity index (χ0v) is 15.3. The van der Waals surface area contributed by atoms with Crippen LogP contribution < -0.4 is 0 Å². The van der Waals surface area contributed by atoms with Gasteiger partial charge in [0.1, 0.15) is 0 Å². The van der Waals surface area contributed by atoms with Gasteiger partial charge in [-0.15, -0.1) is 0 Å². The summed E-state index contributed by atoms with van der Waals surface area (Å²) in [6.45, 7) is 3.38. The van der Waals surface area contributed by atoms with E-state index in [1.165, 1.54) is 6.07 Å². The van der Waals surface area contributed by atoms with Crippen LogP contribution in [0.1, 0.15) is 32.3 Å². The molecular weight excluding hydrogens is 362 g/mol. The van der Waals surface area contributed by atoms with Crippen molar-refractivity contribution in [3.05, 3.63) is 35.4 Å². The highest BCUT2D eigenvalue weighted by Crippen LogP contribution is 2.39. The molecule has 1 aliphatic rings. The second-order valence-corrected chi connectivity index (χ2v) is 6.12. The molecule has 1 aromatic rings. The Kier molecular flexibility index (Phi) is 7.01. The van der Waals surface area contributed by atoms with Crippen LogP contribution in [0.5, 0.6) is 0 Å². The molecule has 1 fully saturated rings. The molecule has 0 amide bonds. The van der Waals surface area contributed by atoms with Gasteiger partial charge in [0.2, 0.25) is 5.92 Å². The van der Waals surface area contributed by atoms with Gasteiger partial charge in [0.05, 0.1) is 18.6 Å². The topological polar surface area (TPSA) is 78.9 Å². The molecule has 27 heavy (non-hydrogen) atoms. The zero-order valence-electron chi connectivity index (χ0n) is 15.3. The summed E-state index contributed by atoms with van der Waals surface area (Å²) in [6, 6.07) is 3.12. The summed E-state index contributed by atoms with van der Waals surface area (Å²) in [5.41, 5.74) is -1.19. The van der Waals surface area contributed by atoms with Gasteiger partial charge < -0.3 is 14.2 Å². The second-order valence-electron chi connectivity index (χ2n) is 6.12. The van der Waals surface area contributed by atoms with E-state index in [0.29, 0.717) is 0 Å². The minimum atomic E-state index is -1.80. The third kappa shape index (κ3) is 4.32. The van der Waals surface area contributed by atoms with Crippen molar-refractivity contribution in [1.29, 1.82) is 0 Å². The number of hydrogen-bond acceptors (Lipinski definition) is 6. The predicted molar refractivity (Wildman–Crippen MR) is 89.9 cm³/mol. The molecule has 0 aromatic heterocycles. The highest BCUT2D eigenvalue weighted by Gasteiger charge is 2.50. The fourth-order valence-corrected chi connectivity index (χ4v) is 3.23. The number of halogens is 2. The predicted octanol–water partition coefficient (Wildman–Crippen LogP) is 2.32. The van der Waals surface area contributed by atoms with Crippen LogP contribution in [0.15, 0.2) is 18.2 Å². The molecular formula is C19H22F2O6. The van der Waals surface area contributed by atoms with Crippen LogP contribution in [-0.2, 0) is 34.0 Å². The minimum absolute atomic E-state index is 0.0245. The van der Waals surface area contributed by atoms with Crippen molar-refractivity contribution in [3.8, 4) is 0 Å². The minimum Gasteiger partial charge on any atom is -0.465 e. The number of ketones is 1. The van der Waals surface area contributed by atoms with E-state index >= 15 is 0 Å². The Morgan fingerprint density at radius 1 is 1.04 bits per heavy atom.